The molecular formula is C23H18N8. The lowest BCUT2D eigenvalue weighted by atomic mass is 10.1. The highest BCUT2D eigenvalue weighted by Crippen LogP contribution is 2.32. The fourth-order valence-corrected chi connectivity index (χ4v) is 3.88. The van der Waals surface area contributed by atoms with E-state index in [4.69, 9.17) is 4.98 Å². The number of aromatic amines is 2. The molecule has 0 saturated heterocycles. The number of nitrogens with one attached hydrogen (secondary N) is 2. The van der Waals surface area contributed by atoms with Crippen LogP contribution in [0, 0.1) is 6.92 Å². The van der Waals surface area contributed by atoms with Gasteiger partial charge in [-0.25, -0.2) is 9.97 Å². The van der Waals surface area contributed by atoms with Gasteiger partial charge in [-0.2, -0.15) is 5.10 Å². The summed E-state index contributed by atoms with van der Waals surface area (Å²) in [5, 5.41) is 8.66. The van der Waals surface area contributed by atoms with Crippen molar-refractivity contribution in [3.05, 3.63) is 67.0 Å². The van der Waals surface area contributed by atoms with Crippen molar-refractivity contribution in [1.29, 1.82) is 0 Å². The van der Waals surface area contributed by atoms with Crippen LogP contribution in [0.4, 0.5) is 0 Å². The van der Waals surface area contributed by atoms with E-state index in [0.29, 0.717) is 0 Å². The molecule has 0 saturated carbocycles. The lowest BCUT2D eigenvalue weighted by Crippen LogP contribution is -1.96. The number of nitrogens with zero attached hydrogens (tertiary/aromatic N) is 6. The smallest absolute Gasteiger partial charge is 0.135 e. The van der Waals surface area contributed by atoms with E-state index in [1.165, 1.54) is 0 Å². The summed E-state index contributed by atoms with van der Waals surface area (Å²) >= 11 is 0. The molecule has 0 unspecified atom stereocenters. The second-order valence-electron chi connectivity index (χ2n) is 7.46. The van der Waals surface area contributed by atoms with Gasteiger partial charge in [-0.05, 0) is 43.3 Å². The van der Waals surface area contributed by atoms with Crippen LogP contribution in [0.2, 0.25) is 0 Å². The van der Waals surface area contributed by atoms with Crippen molar-refractivity contribution >= 4 is 21.9 Å². The van der Waals surface area contributed by atoms with Gasteiger partial charge in [-0.3, -0.25) is 15.1 Å². The topological polar surface area (TPSA) is 101 Å². The Balaban J connectivity index is 1.52. The summed E-state index contributed by atoms with van der Waals surface area (Å²) in [6.07, 6.45) is 7.23. The minimum absolute atomic E-state index is 0.768. The molecule has 2 N–H and O–H groups in total. The minimum atomic E-state index is 0.768. The maximum atomic E-state index is 4.91. The van der Waals surface area contributed by atoms with Gasteiger partial charge >= 0.3 is 0 Å². The van der Waals surface area contributed by atoms with Crippen molar-refractivity contribution in [3.63, 3.8) is 0 Å². The Morgan fingerprint density at radius 3 is 2.68 bits per heavy atom. The number of imidazole rings is 1. The summed E-state index contributed by atoms with van der Waals surface area (Å²) in [4.78, 5) is 21.6. The quantitative estimate of drug-likeness (QED) is 0.457. The number of H-pyrrole nitrogens is 2. The van der Waals surface area contributed by atoms with Gasteiger partial charge in [0.25, 0.3) is 0 Å². The lowest BCUT2D eigenvalue weighted by Gasteiger charge is -2.03. The summed E-state index contributed by atoms with van der Waals surface area (Å²) in [5.41, 5.74) is 7.98. The average molecular weight is 406 g/mol. The molecule has 0 aromatic carbocycles. The molecule has 6 rings (SSSR count). The highest BCUT2D eigenvalue weighted by atomic mass is 15.1. The molecule has 0 fully saturated rings. The number of hydrogen-bond donors (Lipinski definition) is 2. The SMILES string of the molecule is Cc1ncc(-c2ccc3[nH]nc(-c4cc5c(-c6cccnc6)nccc5[nH]4)c3n2)n1C. The van der Waals surface area contributed by atoms with E-state index < -0.39 is 0 Å². The Kier molecular flexibility index (Phi) is 3.73. The molecule has 8 nitrogen and oxygen atoms in total. The van der Waals surface area contributed by atoms with E-state index in [0.717, 1.165) is 61.8 Å². The Bertz CT molecular complexity index is 1560. The van der Waals surface area contributed by atoms with Crippen LogP contribution >= 0.6 is 0 Å². The summed E-state index contributed by atoms with van der Waals surface area (Å²) in [6.45, 7) is 1.98. The van der Waals surface area contributed by atoms with Crippen LogP contribution in [0.25, 0.3) is 56.0 Å². The predicted molar refractivity (Wildman–Crippen MR) is 119 cm³/mol. The molecule has 0 aliphatic heterocycles. The number of pyridine rings is 3. The Labute approximate surface area is 177 Å². The molecule has 31 heavy (non-hydrogen) atoms. The van der Waals surface area contributed by atoms with E-state index in [9.17, 15) is 0 Å². The zero-order valence-corrected chi connectivity index (χ0v) is 17.0. The number of rotatable bonds is 3. The molecule has 6 aromatic heterocycles. The van der Waals surface area contributed by atoms with Crippen LogP contribution < -0.4 is 0 Å². The van der Waals surface area contributed by atoms with Gasteiger partial charge in [0.15, 0.2) is 0 Å². The van der Waals surface area contributed by atoms with E-state index in [1.54, 1.807) is 12.4 Å². The first kappa shape index (κ1) is 17.5. The van der Waals surface area contributed by atoms with Crippen molar-refractivity contribution in [3.8, 4) is 34.0 Å². The standard InChI is InChI=1S/C23H18N8/c1-13-26-12-20(31(13)2)17-5-6-18-22(28-17)23(30-29-18)19-10-15-16(27-19)7-9-25-21(15)14-4-3-8-24-11-14/h3-12,27H,1-2H3,(H,29,30). The van der Waals surface area contributed by atoms with Gasteiger partial charge in [0.1, 0.15) is 17.0 Å². The van der Waals surface area contributed by atoms with Crippen molar-refractivity contribution in [2.24, 2.45) is 7.05 Å². The molecule has 0 atom stereocenters. The maximum Gasteiger partial charge on any atom is 0.135 e. The first-order chi connectivity index (χ1) is 15.2. The first-order valence-corrected chi connectivity index (χ1v) is 9.91. The second kappa shape index (κ2) is 6.60. The highest BCUT2D eigenvalue weighted by molar-refractivity contribution is 5.99. The molecule has 6 heterocycles. The second-order valence-corrected chi connectivity index (χ2v) is 7.46. The highest BCUT2D eigenvalue weighted by Gasteiger charge is 2.16. The van der Waals surface area contributed by atoms with Crippen molar-refractivity contribution < 1.29 is 0 Å². The molecule has 0 bridgehead atoms. The van der Waals surface area contributed by atoms with Crippen molar-refractivity contribution in [1.82, 2.24) is 39.7 Å². The zero-order chi connectivity index (χ0) is 20.9. The third-order valence-electron chi connectivity index (χ3n) is 5.63. The molecule has 8 heteroatoms. The van der Waals surface area contributed by atoms with Crippen molar-refractivity contribution in [2.45, 2.75) is 6.92 Å². The van der Waals surface area contributed by atoms with Gasteiger partial charge in [0.05, 0.1) is 34.5 Å². The number of aromatic nitrogens is 8. The third-order valence-corrected chi connectivity index (χ3v) is 5.63. The van der Waals surface area contributed by atoms with Crippen LogP contribution in [-0.4, -0.2) is 39.7 Å². The van der Waals surface area contributed by atoms with Crippen molar-refractivity contribution in [2.75, 3.05) is 0 Å². The predicted octanol–water partition coefficient (Wildman–Crippen LogP) is 4.27. The number of fused-ring (bicyclic) bond motifs is 2. The summed E-state index contributed by atoms with van der Waals surface area (Å²) in [7, 11) is 1.99. The minimum Gasteiger partial charge on any atom is -0.353 e. The maximum absolute atomic E-state index is 4.91. The van der Waals surface area contributed by atoms with Crippen LogP contribution in [0.15, 0.2) is 61.2 Å². The summed E-state index contributed by atoms with van der Waals surface area (Å²) in [5.74, 6) is 0.940. The monoisotopic (exact) mass is 406 g/mol. The average Bonchev–Trinajstić information content (AvgIpc) is 3.50. The van der Waals surface area contributed by atoms with Gasteiger partial charge < -0.3 is 9.55 Å². The lowest BCUT2D eigenvalue weighted by molar-refractivity contribution is 0.862. The molecule has 0 radical (unpaired) electrons. The van der Waals surface area contributed by atoms with E-state index in [1.807, 2.05) is 61.3 Å². The Morgan fingerprint density at radius 1 is 0.935 bits per heavy atom. The summed E-state index contributed by atoms with van der Waals surface area (Å²) < 4.78 is 2.03. The molecule has 150 valence electrons. The van der Waals surface area contributed by atoms with Gasteiger partial charge in [-0.15, -0.1) is 0 Å². The number of hydrogen-bond acceptors (Lipinski definition) is 5. The third kappa shape index (κ3) is 2.72. The Morgan fingerprint density at radius 2 is 1.87 bits per heavy atom. The normalized spacial score (nSPS) is 11.5. The largest absolute Gasteiger partial charge is 0.353 e. The van der Waals surface area contributed by atoms with Gasteiger partial charge in [-0.1, -0.05) is 0 Å². The molecular weight excluding hydrogens is 388 g/mol. The molecule has 0 aliphatic rings. The fraction of sp³-hybridized carbons (Fsp3) is 0.0870. The van der Waals surface area contributed by atoms with Gasteiger partial charge in [0.2, 0.25) is 0 Å². The van der Waals surface area contributed by atoms with E-state index >= 15 is 0 Å². The zero-order valence-electron chi connectivity index (χ0n) is 17.0. The fourth-order valence-electron chi connectivity index (χ4n) is 3.88. The van der Waals surface area contributed by atoms with Crippen LogP contribution in [0.1, 0.15) is 5.82 Å². The number of aryl methyl sites for hydroxylation is 1. The Hall–Kier alpha value is -4.33. The first-order valence-electron chi connectivity index (χ1n) is 9.91. The molecule has 0 aliphatic carbocycles. The van der Waals surface area contributed by atoms with Crippen LogP contribution in [0.3, 0.4) is 0 Å². The summed E-state index contributed by atoms with van der Waals surface area (Å²) in [6, 6.07) is 11.9. The molecule has 6 aromatic rings. The van der Waals surface area contributed by atoms with Crippen LogP contribution in [0.5, 0.6) is 0 Å². The van der Waals surface area contributed by atoms with E-state index in [-0.39, 0.29) is 0 Å². The van der Waals surface area contributed by atoms with Gasteiger partial charge in [0, 0.05) is 42.1 Å². The molecule has 0 spiro atoms. The van der Waals surface area contributed by atoms with E-state index in [2.05, 4.69) is 36.2 Å². The van der Waals surface area contributed by atoms with Crippen LogP contribution in [-0.2, 0) is 7.05 Å². The molecule has 0 amide bonds.